The van der Waals surface area contributed by atoms with E-state index in [-0.39, 0.29) is 0 Å². The summed E-state index contributed by atoms with van der Waals surface area (Å²) in [4.78, 5) is 6.12. The summed E-state index contributed by atoms with van der Waals surface area (Å²) >= 11 is 5.84. The van der Waals surface area contributed by atoms with Gasteiger partial charge < -0.3 is 15.0 Å². The maximum Gasteiger partial charge on any atom is 0.209 e. The number of guanidine groups is 1. The lowest BCUT2D eigenvalue weighted by molar-refractivity contribution is 0.280. The summed E-state index contributed by atoms with van der Waals surface area (Å²) < 4.78 is 31.0. The molecular formula is C16H27ClN4O3S. The lowest BCUT2D eigenvalue weighted by atomic mass is 10.1. The topological polar surface area (TPSA) is 83.0 Å². The molecule has 0 aliphatic heterocycles. The van der Waals surface area contributed by atoms with E-state index in [2.05, 4.69) is 15.0 Å². The number of benzene rings is 1. The van der Waals surface area contributed by atoms with E-state index >= 15 is 0 Å². The molecule has 0 saturated heterocycles. The van der Waals surface area contributed by atoms with Gasteiger partial charge >= 0.3 is 0 Å². The number of hydrogen-bond donors (Lipinski definition) is 2. The predicted molar refractivity (Wildman–Crippen MR) is 103 cm³/mol. The molecule has 0 bridgehead atoms. The quantitative estimate of drug-likeness (QED) is 0.520. The van der Waals surface area contributed by atoms with Crippen LogP contribution in [0.15, 0.2) is 29.3 Å². The van der Waals surface area contributed by atoms with Crippen molar-refractivity contribution in [1.29, 1.82) is 0 Å². The van der Waals surface area contributed by atoms with Gasteiger partial charge in [-0.15, -0.1) is 0 Å². The van der Waals surface area contributed by atoms with Crippen LogP contribution in [-0.2, 0) is 10.0 Å². The van der Waals surface area contributed by atoms with Crippen molar-refractivity contribution in [2.75, 3.05) is 40.0 Å². The van der Waals surface area contributed by atoms with E-state index in [0.717, 1.165) is 12.0 Å². The first-order chi connectivity index (χ1) is 11.5. The molecule has 142 valence electrons. The number of nitrogens with one attached hydrogen (secondary N) is 2. The van der Waals surface area contributed by atoms with Crippen molar-refractivity contribution < 1.29 is 13.2 Å². The minimum atomic E-state index is -3.28. The van der Waals surface area contributed by atoms with Gasteiger partial charge in [0, 0.05) is 31.2 Å². The normalized spacial score (nSPS) is 12.8. The Bertz CT molecular complexity index is 675. The Labute approximate surface area is 155 Å². The average Bonchev–Trinajstić information content (AvgIpc) is 2.47. The number of likely N-dealkylation sites (N-methyl/N-ethyl adjacent to an activating group) is 1. The number of rotatable bonds is 8. The van der Waals surface area contributed by atoms with E-state index in [1.165, 1.54) is 0 Å². The third-order valence-corrected chi connectivity index (χ3v) is 4.41. The second-order valence-corrected chi connectivity index (χ2v) is 8.57. The molecule has 0 spiro atoms. The molecular weight excluding hydrogens is 364 g/mol. The second-order valence-electron chi connectivity index (χ2n) is 6.38. The molecule has 0 saturated carbocycles. The highest BCUT2D eigenvalue weighted by atomic mass is 35.5. The molecule has 2 N–H and O–H groups in total. The van der Waals surface area contributed by atoms with Crippen LogP contribution in [0.3, 0.4) is 0 Å². The van der Waals surface area contributed by atoms with Gasteiger partial charge in [0.25, 0.3) is 0 Å². The first-order valence-corrected chi connectivity index (χ1v) is 10.1. The van der Waals surface area contributed by atoms with Crippen molar-refractivity contribution in [2.45, 2.75) is 19.4 Å². The summed E-state index contributed by atoms with van der Waals surface area (Å²) in [6, 6.07) is 7.18. The number of ether oxygens (including phenoxy) is 1. The van der Waals surface area contributed by atoms with Crippen molar-refractivity contribution in [1.82, 2.24) is 14.9 Å². The summed E-state index contributed by atoms with van der Waals surface area (Å²) in [6.45, 7) is 5.09. The minimum absolute atomic E-state index is 0.398. The van der Waals surface area contributed by atoms with E-state index < -0.39 is 15.6 Å². The van der Waals surface area contributed by atoms with Crippen LogP contribution in [0.25, 0.3) is 0 Å². The lowest BCUT2D eigenvalue weighted by Gasteiger charge is -2.29. The van der Waals surface area contributed by atoms with Crippen molar-refractivity contribution in [3.05, 3.63) is 29.3 Å². The molecule has 1 aromatic carbocycles. The third-order valence-electron chi connectivity index (χ3n) is 3.23. The van der Waals surface area contributed by atoms with Gasteiger partial charge in [0.1, 0.15) is 12.4 Å². The van der Waals surface area contributed by atoms with Crippen LogP contribution in [0.2, 0.25) is 5.02 Å². The summed E-state index contributed by atoms with van der Waals surface area (Å²) in [5, 5.41) is 3.83. The zero-order valence-corrected chi connectivity index (χ0v) is 16.9. The summed E-state index contributed by atoms with van der Waals surface area (Å²) in [7, 11) is 0.285. The predicted octanol–water partition coefficient (Wildman–Crippen LogP) is 1.55. The van der Waals surface area contributed by atoms with Crippen molar-refractivity contribution in [3.63, 3.8) is 0 Å². The molecule has 25 heavy (non-hydrogen) atoms. The number of aliphatic imine (C=N–C) groups is 1. The minimum Gasteiger partial charge on any atom is -0.492 e. The zero-order chi connectivity index (χ0) is 19.1. The number of halogens is 1. The van der Waals surface area contributed by atoms with E-state index in [9.17, 15) is 8.42 Å². The van der Waals surface area contributed by atoms with E-state index in [0.29, 0.717) is 30.7 Å². The van der Waals surface area contributed by atoms with Crippen LogP contribution in [0.4, 0.5) is 0 Å². The van der Waals surface area contributed by atoms with E-state index in [1.54, 1.807) is 33.0 Å². The maximum absolute atomic E-state index is 11.4. The van der Waals surface area contributed by atoms with Crippen molar-refractivity contribution in [2.24, 2.45) is 4.99 Å². The van der Waals surface area contributed by atoms with Crippen LogP contribution < -0.4 is 14.8 Å². The first-order valence-electron chi connectivity index (χ1n) is 7.81. The smallest absolute Gasteiger partial charge is 0.209 e. The third kappa shape index (κ3) is 8.94. The Balaban J connectivity index is 2.46. The van der Waals surface area contributed by atoms with Crippen LogP contribution in [-0.4, -0.2) is 64.9 Å². The Hall–Kier alpha value is -1.51. The molecule has 1 rings (SSSR count). The Morgan fingerprint density at radius 3 is 2.44 bits per heavy atom. The van der Waals surface area contributed by atoms with Gasteiger partial charge in [0.05, 0.1) is 12.8 Å². The van der Waals surface area contributed by atoms with Gasteiger partial charge in [0.15, 0.2) is 5.96 Å². The second kappa shape index (κ2) is 9.26. The van der Waals surface area contributed by atoms with Gasteiger partial charge in [-0.2, -0.15) is 0 Å². The molecule has 7 nitrogen and oxygen atoms in total. The van der Waals surface area contributed by atoms with Crippen LogP contribution in [0, 0.1) is 0 Å². The lowest BCUT2D eigenvalue weighted by Crippen LogP contribution is -2.53. The standard InChI is InChI=1S/C16H27ClN4O3S/c1-16(2,20-25(5,22)23)12-19-15(18-3)21(4)10-11-24-14-8-6-13(17)7-9-14/h6-9,20H,10-12H2,1-5H3,(H,18,19). The molecule has 0 heterocycles. The van der Waals surface area contributed by atoms with Crippen molar-refractivity contribution >= 4 is 27.6 Å². The molecule has 0 amide bonds. The van der Waals surface area contributed by atoms with Gasteiger partial charge in [-0.25, -0.2) is 13.1 Å². The highest BCUT2D eigenvalue weighted by Gasteiger charge is 2.22. The first kappa shape index (κ1) is 21.5. The summed E-state index contributed by atoms with van der Waals surface area (Å²) in [5.41, 5.74) is -0.635. The molecule has 9 heteroatoms. The molecule has 0 aliphatic rings. The fourth-order valence-corrected chi connectivity index (χ4v) is 3.36. The summed E-state index contributed by atoms with van der Waals surface area (Å²) in [6.07, 6.45) is 1.14. The SMILES string of the molecule is CN=C(NCC(C)(C)NS(C)(=O)=O)N(C)CCOc1ccc(Cl)cc1. The average molecular weight is 391 g/mol. The van der Waals surface area contributed by atoms with Crippen LogP contribution in [0.1, 0.15) is 13.8 Å². The largest absolute Gasteiger partial charge is 0.492 e. The fourth-order valence-electron chi connectivity index (χ4n) is 2.16. The number of nitrogens with zero attached hydrogens (tertiary/aromatic N) is 2. The van der Waals surface area contributed by atoms with Crippen LogP contribution >= 0.6 is 11.6 Å². The molecule has 0 unspecified atom stereocenters. The van der Waals surface area contributed by atoms with Gasteiger partial charge in [0.2, 0.25) is 10.0 Å². The molecule has 0 fully saturated rings. The number of hydrogen-bond acceptors (Lipinski definition) is 4. The number of sulfonamides is 1. The Morgan fingerprint density at radius 1 is 1.32 bits per heavy atom. The Kier molecular flexibility index (Phi) is 7.98. The van der Waals surface area contributed by atoms with Gasteiger partial charge in [-0.05, 0) is 38.1 Å². The van der Waals surface area contributed by atoms with E-state index in [1.807, 2.05) is 24.1 Å². The fraction of sp³-hybridized carbons (Fsp3) is 0.562. The van der Waals surface area contributed by atoms with Gasteiger partial charge in [-0.1, -0.05) is 11.6 Å². The molecule has 0 atom stereocenters. The molecule has 0 aliphatic carbocycles. The van der Waals surface area contributed by atoms with Gasteiger partial charge in [-0.3, -0.25) is 4.99 Å². The van der Waals surface area contributed by atoms with Crippen molar-refractivity contribution in [3.8, 4) is 5.75 Å². The monoisotopic (exact) mass is 390 g/mol. The van der Waals surface area contributed by atoms with Crippen LogP contribution in [0.5, 0.6) is 5.75 Å². The highest BCUT2D eigenvalue weighted by Crippen LogP contribution is 2.15. The maximum atomic E-state index is 11.4. The van der Waals surface area contributed by atoms with E-state index in [4.69, 9.17) is 16.3 Å². The summed E-state index contributed by atoms with van der Waals surface area (Å²) in [5.74, 6) is 1.40. The zero-order valence-electron chi connectivity index (χ0n) is 15.3. The Morgan fingerprint density at radius 2 is 1.92 bits per heavy atom. The molecule has 0 radical (unpaired) electrons. The molecule has 1 aromatic rings. The highest BCUT2D eigenvalue weighted by molar-refractivity contribution is 7.88. The molecule has 0 aromatic heterocycles.